The molecule has 1 saturated heterocycles. The highest BCUT2D eigenvalue weighted by Gasteiger charge is 2.33. The second-order valence-electron chi connectivity index (χ2n) is 7.92. The zero-order valence-electron chi connectivity index (χ0n) is 18.4. The van der Waals surface area contributed by atoms with Crippen molar-refractivity contribution in [1.82, 2.24) is 15.3 Å². The van der Waals surface area contributed by atoms with Crippen LogP contribution in [0.15, 0.2) is 48.7 Å². The van der Waals surface area contributed by atoms with E-state index in [9.17, 15) is 18.0 Å². The molecule has 0 spiro atoms. The lowest BCUT2D eigenvalue weighted by Gasteiger charge is -2.15. The molecule has 178 valence electrons. The number of nitrogens with zero attached hydrogens (tertiary/aromatic N) is 2. The van der Waals surface area contributed by atoms with Crippen LogP contribution in [-0.4, -0.2) is 35.6 Å². The topological polar surface area (TPSA) is 103 Å². The highest BCUT2D eigenvalue weighted by atomic mass is 19.4. The minimum Gasteiger partial charge on any atom is -0.491 e. The van der Waals surface area contributed by atoms with Crippen molar-refractivity contribution >= 4 is 11.6 Å². The minimum absolute atomic E-state index is 0.00114. The number of alkyl halides is 3. The van der Waals surface area contributed by atoms with E-state index in [0.717, 1.165) is 19.5 Å². The van der Waals surface area contributed by atoms with E-state index in [0.29, 0.717) is 41.2 Å². The van der Waals surface area contributed by atoms with Crippen LogP contribution in [0.5, 0.6) is 5.75 Å². The average molecular weight is 479 g/mol. The Kier molecular flexibility index (Phi) is 7.04. The largest absolute Gasteiger partial charge is 0.491 e. The number of ether oxygens (including phenoxy) is 1. The number of aromatic nitrogens is 2. The number of rotatable bonds is 5. The Morgan fingerprint density at radius 2 is 2.06 bits per heavy atom. The average Bonchev–Trinajstić information content (AvgIpc) is 3.54. The molecule has 2 aromatic carbocycles. The van der Waals surface area contributed by atoms with E-state index in [2.05, 4.69) is 32.4 Å². The van der Waals surface area contributed by atoms with Crippen molar-refractivity contribution in [2.45, 2.75) is 12.6 Å². The predicted molar refractivity (Wildman–Crippen MR) is 122 cm³/mol. The van der Waals surface area contributed by atoms with Gasteiger partial charge in [0.15, 0.2) is 0 Å². The molecule has 1 amide bonds. The van der Waals surface area contributed by atoms with Gasteiger partial charge in [-0.25, -0.2) is 4.98 Å². The lowest BCUT2D eigenvalue weighted by molar-refractivity contribution is -0.140. The molecule has 1 atom stereocenters. The third-order valence-electron chi connectivity index (χ3n) is 5.33. The van der Waals surface area contributed by atoms with Gasteiger partial charge in [0.25, 0.3) is 0 Å². The zero-order valence-corrected chi connectivity index (χ0v) is 18.4. The molecule has 0 radical (unpaired) electrons. The van der Waals surface area contributed by atoms with E-state index in [4.69, 9.17) is 10.00 Å². The van der Waals surface area contributed by atoms with Crippen molar-refractivity contribution in [2.75, 3.05) is 25.0 Å². The Labute approximate surface area is 199 Å². The maximum Gasteiger partial charge on any atom is 0.432 e. The second kappa shape index (κ2) is 10.3. The molecule has 1 aliphatic rings. The van der Waals surface area contributed by atoms with Crippen molar-refractivity contribution in [3.8, 4) is 35.0 Å². The SMILES string of the molecule is N#Cc1cccc(C#CC(=O)Nc2cc(-c3ncc(C(F)(F)F)[nH]3)ccc2OCC2CCNC2)c1. The first-order chi connectivity index (χ1) is 16.8. The fourth-order valence-corrected chi connectivity index (χ4v) is 3.53. The molecule has 35 heavy (non-hydrogen) atoms. The number of hydrogen-bond acceptors (Lipinski definition) is 5. The van der Waals surface area contributed by atoms with Gasteiger partial charge in [-0.3, -0.25) is 4.79 Å². The maximum atomic E-state index is 13.0. The molecule has 4 rings (SSSR count). The summed E-state index contributed by atoms with van der Waals surface area (Å²) < 4.78 is 44.8. The smallest absolute Gasteiger partial charge is 0.432 e. The number of hydrogen-bond donors (Lipinski definition) is 3. The number of carbonyl (C=O) groups is 1. The molecule has 1 aliphatic heterocycles. The van der Waals surface area contributed by atoms with Crippen molar-refractivity contribution in [3.05, 3.63) is 65.5 Å². The summed E-state index contributed by atoms with van der Waals surface area (Å²) in [4.78, 5) is 18.6. The number of amides is 1. The Balaban J connectivity index is 1.58. The van der Waals surface area contributed by atoms with Crippen LogP contribution in [0.1, 0.15) is 23.2 Å². The van der Waals surface area contributed by atoms with Gasteiger partial charge in [-0.15, -0.1) is 0 Å². The van der Waals surface area contributed by atoms with Gasteiger partial charge in [0.1, 0.15) is 17.3 Å². The van der Waals surface area contributed by atoms with Crippen molar-refractivity contribution in [2.24, 2.45) is 5.92 Å². The predicted octanol–water partition coefficient (Wildman–Crippen LogP) is 3.95. The Hall–Kier alpha value is -4.28. The molecule has 1 unspecified atom stereocenters. The van der Waals surface area contributed by atoms with Crippen LogP contribution >= 0.6 is 0 Å². The number of imidazole rings is 1. The molecule has 7 nitrogen and oxygen atoms in total. The third kappa shape index (κ3) is 6.19. The first-order valence-electron chi connectivity index (χ1n) is 10.7. The lowest BCUT2D eigenvalue weighted by atomic mass is 10.1. The van der Waals surface area contributed by atoms with Gasteiger partial charge >= 0.3 is 12.1 Å². The van der Waals surface area contributed by atoms with Gasteiger partial charge < -0.3 is 20.4 Å². The zero-order chi connectivity index (χ0) is 24.8. The number of aromatic amines is 1. The molecule has 1 fully saturated rings. The van der Waals surface area contributed by atoms with Crippen LogP contribution in [0.3, 0.4) is 0 Å². The molecular weight excluding hydrogens is 459 g/mol. The molecule has 2 heterocycles. The van der Waals surface area contributed by atoms with Gasteiger partial charge in [-0.05, 0) is 49.4 Å². The van der Waals surface area contributed by atoms with E-state index in [1.165, 1.54) is 6.07 Å². The van der Waals surface area contributed by atoms with Gasteiger partial charge in [-0.2, -0.15) is 18.4 Å². The second-order valence-corrected chi connectivity index (χ2v) is 7.92. The Morgan fingerprint density at radius 1 is 1.23 bits per heavy atom. The molecule has 10 heteroatoms. The van der Waals surface area contributed by atoms with E-state index < -0.39 is 17.8 Å². The van der Waals surface area contributed by atoms with Crippen LogP contribution in [0.4, 0.5) is 18.9 Å². The summed E-state index contributed by atoms with van der Waals surface area (Å²) in [6.45, 7) is 2.14. The summed E-state index contributed by atoms with van der Waals surface area (Å²) in [5, 5.41) is 14.9. The number of H-pyrrole nitrogens is 1. The molecule has 1 aromatic heterocycles. The molecule has 3 N–H and O–H groups in total. The summed E-state index contributed by atoms with van der Waals surface area (Å²) in [5.74, 6) is 5.18. The van der Waals surface area contributed by atoms with Gasteiger partial charge in [0.05, 0.1) is 30.1 Å². The minimum atomic E-state index is -4.56. The number of nitrogens with one attached hydrogen (secondary N) is 3. The fourth-order valence-electron chi connectivity index (χ4n) is 3.53. The summed E-state index contributed by atoms with van der Waals surface area (Å²) in [5.41, 5.74) is 0.522. The quantitative estimate of drug-likeness (QED) is 0.481. The molecule has 0 saturated carbocycles. The first-order valence-corrected chi connectivity index (χ1v) is 10.7. The molecular formula is C25H20F3N5O2. The summed E-state index contributed by atoms with van der Waals surface area (Å²) in [6.07, 6.45) is -2.88. The normalized spacial score (nSPS) is 15.1. The molecule has 0 aliphatic carbocycles. The maximum absolute atomic E-state index is 13.0. The lowest BCUT2D eigenvalue weighted by Crippen LogP contribution is -2.17. The number of anilines is 1. The Bertz CT molecular complexity index is 1330. The number of benzene rings is 2. The van der Waals surface area contributed by atoms with Gasteiger partial charge in [0, 0.05) is 29.5 Å². The number of nitriles is 1. The van der Waals surface area contributed by atoms with Crippen molar-refractivity contribution in [3.63, 3.8) is 0 Å². The van der Waals surface area contributed by atoms with Crippen molar-refractivity contribution < 1.29 is 22.7 Å². The Morgan fingerprint density at radius 3 is 2.77 bits per heavy atom. The van der Waals surface area contributed by atoms with Crippen LogP contribution in [0.25, 0.3) is 11.4 Å². The first kappa shape index (κ1) is 23.9. The summed E-state index contributed by atoms with van der Waals surface area (Å²) in [6, 6.07) is 13.1. The standard InChI is InChI=1S/C25H20F3N5O2/c26-25(27,28)22-14-31-24(33-22)19-5-6-21(35-15-18-8-9-30-13-18)20(11-19)32-23(34)7-4-16-2-1-3-17(10-16)12-29/h1-3,5-6,10-11,14,18,30H,8-9,13,15H2,(H,31,33)(H,32,34). The van der Waals surface area contributed by atoms with E-state index in [1.54, 1.807) is 36.4 Å². The van der Waals surface area contributed by atoms with E-state index in [-0.39, 0.29) is 11.5 Å². The van der Waals surface area contributed by atoms with Gasteiger partial charge in [-0.1, -0.05) is 12.0 Å². The highest BCUT2D eigenvalue weighted by molar-refractivity contribution is 6.05. The van der Waals surface area contributed by atoms with E-state index in [1.807, 2.05) is 6.07 Å². The van der Waals surface area contributed by atoms with Crippen LogP contribution in [0, 0.1) is 29.1 Å². The third-order valence-corrected chi connectivity index (χ3v) is 5.33. The van der Waals surface area contributed by atoms with Gasteiger partial charge in [0.2, 0.25) is 0 Å². The van der Waals surface area contributed by atoms with Crippen molar-refractivity contribution in [1.29, 1.82) is 5.26 Å². The number of carbonyl (C=O) groups excluding carboxylic acids is 1. The molecule has 3 aromatic rings. The fraction of sp³-hybridized carbons (Fsp3) is 0.240. The van der Waals surface area contributed by atoms with E-state index >= 15 is 0 Å². The van der Waals surface area contributed by atoms with Crippen LogP contribution in [0.2, 0.25) is 0 Å². The summed E-state index contributed by atoms with van der Waals surface area (Å²) in [7, 11) is 0. The highest BCUT2D eigenvalue weighted by Crippen LogP contribution is 2.33. The molecule has 0 bridgehead atoms. The number of halogens is 3. The van der Waals surface area contributed by atoms with Crippen LogP contribution in [-0.2, 0) is 11.0 Å². The monoisotopic (exact) mass is 479 g/mol. The van der Waals surface area contributed by atoms with Crippen LogP contribution < -0.4 is 15.4 Å². The summed E-state index contributed by atoms with van der Waals surface area (Å²) >= 11 is 0.